The number of aromatic nitrogens is 4. The number of nitrogens with zero attached hydrogens (tertiary/aromatic N) is 4. The fourth-order valence-electron chi connectivity index (χ4n) is 3.05. The quantitative estimate of drug-likeness (QED) is 0.554. The van der Waals surface area contributed by atoms with E-state index in [2.05, 4.69) is 10.2 Å². The molecule has 4 rings (SSSR count). The molecule has 4 aromatic rings. The maximum atomic E-state index is 11.1. The number of hydrogen-bond donors (Lipinski definition) is 2. The van der Waals surface area contributed by atoms with Crippen molar-refractivity contribution >= 4 is 17.5 Å². The fraction of sp³-hybridized carbons (Fsp3) is 0.100. The van der Waals surface area contributed by atoms with Gasteiger partial charge in [0, 0.05) is 11.3 Å². The number of benzene rings is 1. The van der Waals surface area contributed by atoms with Crippen LogP contribution in [0.25, 0.3) is 16.8 Å². The zero-order valence-corrected chi connectivity index (χ0v) is 14.9. The number of aromatic carboxylic acids is 2. The van der Waals surface area contributed by atoms with Gasteiger partial charge >= 0.3 is 11.9 Å². The second-order valence-electron chi connectivity index (χ2n) is 6.40. The summed E-state index contributed by atoms with van der Waals surface area (Å²) in [6.07, 6.45) is 0. The van der Waals surface area contributed by atoms with Crippen molar-refractivity contribution in [3.8, 4) is 11.3 Å². The Balaban J connectivity index is 1.71. The van der Waals surface area contributed by atoms with Crippen molar-refractivity contribution in [3.63, 3.8) is 0 Å². The number of aryl methyl sites for hydroxylation is 1. The van der Waals surface area contributed by atoms with Crippen molar-refractivity contribution in [1.29, 1.82) is 0 Å². The van der Waals surface area contributed by atoms with Gasteiger partial charge in [0.1, 0.15) is 0 Å². The van der Waals surface area contributed by atoms with E-state index < -0.39 is 11.9 Å². The number of carboxylic acids is 2. The van der Waals surface area contributed by atoms with E-state index in [4.69, 9.17) is 10.2 Å². The zero-order chi connectivity index (χ0) is 19.8. The SMILES string of the molecule is Cc1cc(C(=O)O)nn1Cc1cccc2cc(-c3ccc(C(=O)O)cc3)nn12. The van der Waals surface area contributed by atoms with E-state index in [0.29, 0.717) is 12.2 Å². The van der Waals surface area contributed by atoms with Gasteiger partial charge in [0.15, 0.2) is 5.69 Å². The summed E-state index contributed by atoms with van der Waals surface area (Å²) in [5.74, 6) is -2.04. The van der Waals surface area contributed by atoms with E-state index in [-0.39, 0.29) is 11.3 Å². The third-order valence-electron chi connectivity index (χ3n) is 4.50. The van der Waals surface area contributed by atoms with Gasteiger partial charge in [-0.25, -0.2) is 14.1 Å². The van der Waals surface area contributed by atoms with Crippen molar-refractivity contribution < 1.29 is 19.8 Å². The van der Waals surface area contributed by atoms with Crippen LogP contribution in [0, 0.1) is 6.92 Å². The number of rotatable bonds is 5. The van der Waals surface area contributed by atoms with E-state index in [1.165, 1.54) is 6.07 Å². The number of carbonyl (C=O) groups is 2. The van der Waals surface area contributed by atoms with Crippen LogP contribution in [0.2, 0.25) is 0 Å². The van der Waals surface area contributed by atoms with E-state index in [1.807, 2.05) is 24.3 Å². The second-order valence-corrected chi connectivity index (χ2v) is 6.40. The molecule has 3 aromatic heterocycles. The predicted octanol–water partition coefficient (Wildman–Crippen LogP) is 2.95. The highest BCUT2D eigenvalue weighted by Crippen LogP contribution is 2.22. The van der Waals surface area contributed by atoms with Gasteiger partial charge in [-0.05, 0) is 43.3 Å². The molecule has 0 amide bonds. The minimum atomic E-state index is -1.06. The van der Waals surface area contributed by atoms with E-state index in [9.17, 15) is 9.59 Å². The molecule has 0 unspecified atom stereocenters. The molecule has 0 saturated heterocycles. The summed E-state index contributed by atoms with van der Waals surface area (Å²) in [7, 11) is 0. The summed E-state index contributed by atoms with van der Waals surface area (Å²) in [6.45, 7) is 2.17. The van der Waals surface area contributed by atoms with Crippen LogP contribution in [0.5, 0.6) is 0 Å². The lowest BCUT2D eigenvalue weighted by atomic mass is 10.1. The van der Waals surface area contributed by atoms with Crippen LogP contribution in [-0.4, -0.2) is 41.5 Å². The number of carboxylic acid groups (broad SMARTS) is 2. The smallest absolute Gasteiger partial charge is 0.356 e. The summed E-state index contributed by atoms with van der Waals surface area (Å²) in [5, 5.41) is 26.9. The first-order chi connectivity index (χ1) is 13.4. The van der Waals surface area contributed by atoms with Gasteiger partial charge in [-0.2, -0.15) is 10.2 Å². The van der Waals surface area contributed by atoms with Crippen LogP contribution < -0.4 is 0 Å². The number of pyridine rings is 1. The molecule has 0 saturated carbocycles. The van der Waals surface area contributed by atoms with Gasteiger partial charge in [-0.15, -0.1) is 0 Å². The van der Waals surface area contributed by atoms with Crippen LogP contribution in [-0.2, 0) is 6.54 Å². The highest BCUT2D eigenvalue weighted by molar-refractivity contribution is 5.88. The molecule has 0 aliphatic heterocycles. The first-order valence-corrected chi connectivity index (χ1v) is 8.51. The highest BCUT2D eigenvalue weighted by atomic mass is 16.4. The lowest BCUT2D eigenvalue weighted by Gasteiger charge is -2.07. The normalized spacial score (nSPS) is 11.0. The van der Waals surface area contributed by atoms with Gasteiger partial charge in [0.05, 0.1) is 29.0 Å². The predicted molar refractivity (Wildman–Crippen MR) is 101 cm³/mol. The van der Waals surface area contributed by atoms with Crippen LogP contribution in [0.3, 0.4) is 0 Å². The molecule has 0 fully saturated rings. The van der Waals surface area contributed by atoms with Crippen molar-refractivity contribution in [1.82, 2.24) is 19.4 Å². The summed E-state index contributed by atoms with van der Waals surface area (Å²) in [5.41, 5.74) is 4.20. The molecule has 1 aromatic carbocycles. The molecule has 8 heteroatoms. The van der Waals surface area contributed by atoms with E-state index in [0.717, 1.165) is 22.5 Å². The Kier molecular flexibility index (Phi) is 4.15. The largest absolute Gasteiger partial charge is 0.478 e. The standard InChI is InChI=1S/C20H16N4O4/c1-12-9-18(20(27)28)21-23(12)11-16-4-2-3-15-10-17(22-24(15)16)13-5-7-14(8-6-13)19(25)26/h2-10H,11H2,1H3,(H,25,26)(H,27,28). The Hall–Kier alpha value is -3.94. The lowest BCUT2D eigenvalue weighted by Crippen LogP contribution is -2.09. The Morgan fingerprint density at radius 3 is 2.36 bits per heavy atom. The molecular formula is C20H16N4O4. The third-order valence-corrected chi connectivity index (χ3v) is 4.50. The second kappa shape index (κ2) is 6.66. The highest BCUT2D eigenvalue weighted by Gasteiger charge is 2.13. The Morgan fingerprint density at radius 1 is 0.964 bits per heavy atom. The Morgan fingerprint density at radius 2 is 1.71 bits per heavy atom. The molecule has 3 heterocycles. The van der Waals surface area contributed by atoms with Gasteiger partial charge in [-0.1, -0.05) is 18.2 Å². The summed E-state index contributed by atoms with van der Waals surface area (Å²) < 4.78 is 3.41. The Bertz CT molecular complexity index is 1200. The van der Waals surface area contributed by atoms with Crippen molar-refractivity contribution in [2.24, 2.45) is 0 Å². The molecule has 0 aliphatic rings. The average Bonchev–Trinajstić information content (AvgIpc) is 3.26. The number of hydrogen-bond acceptors (Lipinski definition) is 4. The number of fused-ring (bicyclic) bond motifs is 1. The lowest BCUT2D eigenvalue weighted by molar-refractivity contribution is 0.0682. The first-order valence-electron chi connectivity index (χ1n) is 8.51. The van der Waals surface area contributed by atoms with Crippen LogP contribution in [0.4, 0.5) is 0 Å². The van der Waals surface area contributed by atoms with Gasteiger partial charge in [-0.3, -0.25) is 4.68 Å². The van der Waals surface area contributed by atoms with Crippen molar-refractivity contribution in [3.05, 3.63) is 77.2 Å². The van der Waals surface area contributed by atoms with Crippen LogP contribution in [0.1, 0.15) is 32.2 Å². The molecule has 0 radical (unpaired) electrons. The van der Waals surface area contributed by atoms with Gasteiger partial charge in [0.2, 0.25) is 0 Å². The average molecular weight is 376 g/mol. The van der Waals surface area contributed by atoms with Crippen LogP contribution in [0.15, 0.2) is 54.6 Å². The maximum Gasteiger partial charge on any atom is 0.356 e. The minimum absolute atomic E-state index is 0.00403. The third kappa shape index (κ3) is 3.11. The summed E-state index contributed by atoms with van der Waals surface area (Å²) in [6, 6.07) is 15.7. The minimum Gasteiger partial charge on any atom is -0.478 e. The Labute approximate surface area is 159 Å². The van der Waals surface area contributed by atoms with Crippen molar-refractivity contribution in [2.75, 3.05) is 0 Å². The molecule has 0 bridgehead atoms. The monoisotopic (exact) mass is 376 g/mol. The maximum absolute atomic E-state index is 11.1. The van der Waals surface area contributed by atoms with E-state index in [1.54, 1.807) is 40.4 Å². The molecular weight excluding hydrogens is 360 g/mol. The van der Waals surface area contributed by atoms with E-state index >= 15 is 0 Å². The summed E-state index contributed by atoms with van der Waals surface area (Å²) in [4.78, 5) is 22.1. The van der Waals surface area contributed by atoms with Gasteiger partial charge in [0.25, 0.3) is 0 Å². The molecule has 0 atom stereocenters. The molecule has 28 heavy (non-hydrogen) atoms. The molecule has 140 valence electrons. The summed E-state index contributed by atoms with van der Waals surface area (Å²) >= 11 is 0. The molecule has 0 spiro atoms. The van der Waals surface area contributed by atoms with Crippen LogP contribution >= 0.6 is 0 Å². The topological polar surface area (TPSA) is 110 Å². The molecule has 2 N–H and O–H groups in total. The first kappa shape index (κ1) is 17.5. The molecule has 0 aliphatic carbocycles. The van der Waals surface area contributed by atoms with Gasteiger partial charge < -0.3 is 10.2 Å². The molecule has 8 nitrogen and oxygen atoms in total. The zero-order valence-electron chi connectivity index (χ0n) is 14.9. The van der Waals surface area contributed by atoms with Crippen molar-refractivity contribution in [2.45, 2.75) is 13.5 Å². The fourth-order valence-corrected chi connectivity index (χ4v) is 3.05.